The average molecular weight is 279 g/mol. The van der Waals surface area contributed by atoms with Crippen LogP contribution in [0.1, 0.15) is 5.56 Å². The highest BCUT2D eigenvalue weighted by Crippen LogP contribution is 2.41. The number of rotatable bonds is 2. The van der Waals surface area contributed by atoms with Crippen molar-refractivity contribution in [3.05, 3.63) is 59.9 Å². The number of aromatic nitrogens is 2. The predicted octanol–water partition coefficient (Wildman–Crippen LogP) is 4.79. The van der Waals surface area contributed by atoms with E-state index in [4.69, 9.17) is 0 Å². The van der Waals surface area contributed by atoms with E-state index in [1.165, 1.54) is 28.5 Å². The molecule has 0 aromatic heterocycles. The number of nitrogens with one attached hydrogen (secondary N) is 3. The summed E-state index contributed by atoms with van der Waals surface area (Å²) in [6.45, 7) is 2.10. The Kier molecular flexibility index (Phi) is 2.51. The Balaban J connectivity index is 1.85. The summed E-state index contributed by atoms with van der Waals surface area (Å²) in [6, 6.07) is 14.7. The van der Waals surface area contributed by atoms with Crippen molar-refractivity contribution in [3.8, 4) is 11.3 Å². The van der Waals surface area contributed by atoms with Crippen LogP contribution in [0.4, 0.5) is 15.9 Å². The number of H-pyrrole nitrogens is 2. The van der Waals surface area contributed by atoms with Gasteiger partial charge in [0.2, 0.25) is 0 Å². The molecular weight excluding hydrogens is 265 g/mol. The minimum absolute atomic E-state index is 0.254. The van der Waals surface area contributed by atoms with Gasteiger partial charge in [-0.05, 0) is 36.1 Å². The number of hydrogen-bond acceptors (Lipinski definition) is 1. The SMILES string of the molecule is Cc1c2c(Nc3cccc(F)c3)[nH][nH]c-2c2ccccc12. The smallest absolute Gasteiger partial charge is 0.132 e. The number of aryl methyl sites for hydroxylation is 1. The van der Waals surface area contributed by atoms with Crippen LogP contribution in [0.2, 0.25) is 0 Å². The lowest BCUT2D eigenvalue weighted by molar-refractivity contribution is 0.628. The lowest BCUT2D eigenvalue weighted by Crippen LogP contribution is -1.92. The zero-order valence-corrected chi connectivity index (χ0v) is 11.5. The first kappa shape index (κ1) is 12.0. The summed E-state index contributed by atoms with van der Waals surface area (Å²) < 4.78 is 13.3. The van der Waals surface area contributed by atoms with Gasteiger partial charge in [0.1, 0.15) is 11.6 Å². The summed E-state index contributed by atoms with van der Waals surface area (Å²) in [6.07, 6.45) is 0. The van der Waals surface area contributed by atoms with Crippen LogP contribution in [0.25, 0.3) is 22.0 Å². The first-order valence-electron chi connectivity index (χ1n) is 6.84. The van der Waals surface area contributed by atoms with Crippen LogP contribution >= 0.6 is 0 Å². The van der Waals surface area contributed by atoms with Crippen LogP contribution in [-0.4, -0.2) is 10.2 Å². The van der Waals surface area contributed by atoms with Gasteiger partial charge in [0.25, 0.3) is 0 Å². The van der Waals surface area contributed by atoms with E-state index >= 15 is 0 Å². The molecule has 3 nitrogen and oxygen atoms in total. The van der Waals surface area contributed by atoms with Gasteiger partial charge in [-0.15, -0.1) is 0 Å². The summed E-state index contributed by atoms with van der Waals surface area (Å²) in [4.78, 5) is 0. The third-order valence-corrected chi connectivity index (χ3v) is 3.88. The standard InChI is InChI=1S/C17H14FN3/c1-10-13-7-2-3-8-14(13)16-15(10)17(21-20-16)19-12-6-4-5-11(18)9-12/h2-9,19-21H,1H3. The van der Waals surface area contributed by atoms with Gasteiger partial charge < -0.3 is 5.32 Å². The molecule has 2 aromatic carbocycles. The number of hydrogen-bond donors (Lipinski definition) is 3. The highest BCUT2D eigenvalue weighted by Gasteiger charge is 2.20. The Labute approximate surface area is 121 Å². The fourth-order valence-electron chi connectivity index (χ4n) is 2.92. The minimum Gasteiger partial charge on any atom is -0.340 e. The molecule has 0 unspecified atom stereocenters. The molecule has 4 heteroatoms. The highest BCUT2D eigenvalue weighted by atomic mass is 19.1. The maximum Gasteiger partial charge on any atom is 0.132 e. The molecule has 2 aromatic rings. The normalized spacial score (nSPS) is 11.3. The molecule has 1 heterocycles. The van der Waals surface area contributed by atoms with Gasteiger partial charge >= 0.3 is 0 Å². The molecule has 21 heavy (non-hydrogen) atoms. The molecule has 0 spiro atoms. The molecule has 0 fully saturated rings. The van der Waals surface area contributed by atoms with Crippen molar-refractivity contribution in [3.63, 3.8) is 0 Å². The fourth-order valence-corrected chi connectivity index (χ4v) is 2.92. The van der Waals surface area contributed by atoms with Gasteiger partial charge in [-0.1, -0.05) is 30.3 Å². The van der Waals surface area contributed by atoms with E-state index in [0.717, 1.165) is 22.8 Å². The van der Waals surface area contributed by atoms with E-state index in [2.05, 4.69) is 34.6 Å². The quantitative estimate of drug-likeness (QED) is 0.485. The summed E-state index contributed by atoms with van der Waals surface area (Å²) >= 11 is 0. The Bertz CT molecular complexity index is 904. The number of anilines is 2. The largest absolute Gasteiger partial charge is 0.340 e. The van der Waals surface area contributed by atoms with E-state index < -0.39 is 0 Å². The Morgan fingerprint density at radius 2 is 1.76 bits per heavy atom. The van der Waals surface area contributed by atoms with Gasteiger partial charge in [0.05, 0.1) is 5.69 Å². The molecule has 2 aliphatic rings. The average Bonchev–Trinajstić information content (AvgIpc) is 3.01. The van der Waals surface area contributed by atoms with Crippen LogP contribution in [0.3, 0.4) is 0 Å². The van der Waals surface area contributed by atoms with E-state index in [-0.39, 0.29) is 5.82 Å². The molecular formula is C17H14FN3. The highest BCUT2D eigenvalue weighted by molar-refractivity contribution is 6.07. The summed E-state index contributed by atoms with van der Waals surface area (Å²) in [5.41, 5.74) is 4.11. The third-order valence-electron chi connectivity index (χ3n) is 3.88. The van der Waals surface area contributed by atoms with Crippen molar-refractivity contribution in [2.45, 2.75) is 6.92 Å². The Morgan fingerprint density at radius 3 is 2.57 bits per heavy atom. The molecule has 0 atom stereocenters. The second-order valence-corrected chi connectivity index (χ2v) is 5.18. The first-order valence-corrected chi connectivity index (χ1v) is 6.84. The van der Waals surface area contributed by atoms with Gasteiger partial charge in [-0.3, -0.25) is 10.2 Å². The summed E-state index contributed by atoms with van der Waals surface area (Å²) in [5, 5.41) is 12.0. The number of aromatic amines is 2. The first-order chi connectivity index (χ1) is 10.2. The van der Waals surface area contributed by atoms with Crippen LogP contribution in [0.5, 0.6) is 0 Å². The molecule has 3 N–H and O–H groups in total. The van der Waals surface area contributed by atoms with Crippen LogP contribution in [-0.2, 0) is 0 Å². The second-order valence-electron chi connectivity index (χ2n) is 5.18. The monoisotopic (exact) mass is 279 g/mol. The van der Waals surface area contributed by atoms with E-state index in [1.54, 1.807) is 6.07 Å². The van der Waals surface area contributed by atoms with Gasteiger partial charge in [0, 0.05) is 16.6 Å². The van der Waals surface area contributed by atoms with Gasteiger partial charge in [0.15, 0.2) is 0 Å². The molecule has 1 aliphatic heterocycles. The predicted molar refractivity (Wildman–Crippen MR) is 83.7 cm³/mol. The Hall–Kier alpha value is -2.75. The van der Waals surface area contributed by atoms with Crippen LogP contribution in [0, 0.1) is 12.7 Å². The number of fused-ring (bicyclic) bond motifs is 3. The molecule has 0 saturated carbocycles. The summed E-state index contributed by atoms with van der Waals surface area (Å²) in [7, 11) is 0. The van der Waals surface area contributed by atoms with Gasteiger partial charge in [-0.25, -0.2) is 4.39 Å². The molecule has 0 saturated heterocycles. The van der Waals surface area contributed by atoms with E-state index in [0.29, 0.717) is 0 Å². The second kappa shape index (κ2) is 4.38. The fraction of sp³-hybridized carbons (Fsp3) is 0.0588. The van der Waals surface area contributed by atoms with Crippen LogP contribution in [0.15, 0.2) is 48.5 Å². The molecule has 104 valence electrons. The zero-order valence-electron chi connectivity index (χ0n) is 11.5. The Morgan fingerprint density at radius 1 is 0.952 bits per heavy atom. The van der Waals surface area contributed by atoms with Crippen LogP contribution < -0.4 is 5.32 Å². The lowest BCUT2D eigenvalue weighted by atomic mass is 10.1. The minimum atomic E-state index is -0.254. The lowest BCUT2D eigenvalue weighted by Gasteiger charge is -2.05. The maximum absolute atomic E-state index is 13.3. The molecule has 0 radical (unpaired) electrons. The maximum atomic E-state index is 13.3. The zero-order chi connectivity index (χ0) is 14.4. The molecule has 0 bridgehead atoms. The van der Waals surface area contributed by atoms with Crippen molar-refractivity contribution in [2.24, 2.45) is 0 Å². The number of benzene rings is 2. The number of halogens is 1. The van der Waals surface area contributed by atoms with Crippen molar-refractivity contribution in [2.75, 3.05) is 5.32 Å². The van der Waals surface area contributed by atoms with Crippen molar-refractivity contribution < 1.29 is 4.39 Å². The third kappa shape index (κ3) is 1.80. The molecule has 4 rings (SSSR count). The molecule has 1 aliphatic carbocycles. The van der Waals surface area contributed by atoms with E-state index in [1.807, 2.05) is 18.2 Å². The summed E-state index contributed by atoms with van der Waals surface area (Å²) in [5.74, 6) is 0.598. The van der Waals surface area contributed by atoms with Crippen molar-refractivity contribution in [1.29, 1.82) is 0 Å². The van der Waals surface area contributed by atoms with Crippen molar-refractivity contribution >= 4 is 22.3 Å². The van der Waals surface area contributed by atoms with E-state index in [9.17, 15) is 4.39 Å². The van der Waals surface area contributed by atoms with Gasteiger partial charge in [-0.2, -0.15) is 0 Å². The molecule has 0 amide bonds. The van der Waals surface area contributed by atoms with Crippen molar-refractivity contribution in [1.82, 2.24) is 10.2 Å². The topological polar surface area (TPSA) is 43.6 Å².